The third kappa shape index (κ3) is 3.70. The number of nitrogens with one attached hydrogen (secondary N) is 1. The third-order valence-corrected chi connectivity index (χ3v) is 3.65. The molecule has 0 spiro atoms. The maximum absolute atomic E-state index is 12.1. The highest BCUT2D eigenvalue weighted by atomic mass is 32.2. The molecule has 110 valence electrons. The average molecular weight is 302 g/mol. The van der Waals surface area contributed by atoms with Crippen LogP contribution in [-0.4, -0.2) is 18.7 Å². The second-order valence-corrected chi connectivity index (χ2v) is 5.22. The fraction of sp³-hybridized carbons (Fsp3) is 0.188. The molecule has 4 nitrogen and oxygen atoms in total. The summed E-state index contributed by atoms with van der Waals surface area (Å²) in [6.45, 7) is 2.43. The van der Waals surface area contributed by atoms with E-state index in [1.165, 1.54) is 0 Å². The van der Waals surface area contributed by atoms with Crippen LogP contribution in [0.2, 0.25) is 0 Å². The Morgan fingerprint density at radius 2 is 2.00 bits per heavy atom. The van der Waals surface area contributed by atoms with Crippen molar-refractivity contribution >= 4 is 23.4 Å². The number of para-hydroxylation sites is 1. The van der Waals surface area contributed by atoms with Gasteiger partial charge in [0.1, 0.15) is 11.5 Å². The summed E-state index contributed by atoms with van der Waals surface area (Å²) in [7, 11) is 0. The average Bonchev–Trinajstić information content (AvgIpc) is 2.48. The lowest BCUT2D eigenvalue weighted by molar-refractivity contribution is 0.0953. The highest BCUT2D eigenvalue weighted by Crippen LogP contribution is 2.33. The minimum absolute atomic E-state index is 0.172. The van der Waals surface area contributed by atoms with E-state index in [-0.39, 0.29) is 5.91 Å². The zero-order valence-corrected chi connectivity index (χ0v) is 12.9. The number of anilines is 1. The molecule has 0 radical (unpaired) electrons. The van der Waals surface area contributed by atoms with Crippen molar-refractivity contribution in [1.82, 2.24) is 5.32 Å². The van der Waals surface area contributed by atoms with Crippen molar-refractivity contribution in [2.75, 3.05) is 18.5 Å². The van der Waals surface area contributed by atoms with Crippen LogP contribution in [0.25, 0.3) is 0 Å². The highest BCUT2D eigenvalue weighted by molar-refractivity contribution is 7.98. The van der Waals surface area contributed by atoms with Gasteiger partial charge in [-0.15, -0.1) is 11.8 Å². The Bertz CT molecular complexity index is 644. The van der Waals surface area contributed by atoms with Crippen LogP contribution in [0, 0.1) is 0 Å². The Morgan fingerprint density at radius 1 is 1.24 bits per heavy atom. The topological polar surface area (TPSA) is 64.4 Å². The van der Waals surface area contributed by atoms with Gasteiger partial charge in [-0.05, 0) is 37.4 Å². The predicted octanol–water partition coefficient (Wildman–Crippen LogP) is 3.53. The van der Waals surface area contributed by atoms with Crippen molar-refractivity contribution in [3.8, 4) is 11.5 Å². The Balaban J connectivity index is 2.38. The van der Waals surface area contributed by atoms with Gasteiger partial charge in [0, 0.05) is 23.2 Å². The number of nitrogen functional groups attached to an aromatic ring is 1. The number of amides is 1. The number of ether oxygens (including phenoxy) is 1. The van der Waals surface area contributed by atoms with Gasteiger partial charge < -0.3 is 15.8 Å². The van der Waals surface area contributed by atoms with Crippen molar-refractivity contribution in [2.24, 2.45) is 0 Å². The van der Waals surface area contributed by atoms with E-state index < -0.39 is 0 Å². The summed E-state index contributed by atoms with van der Waals surface area (Å²) in [4.78, 5) is 13.1. The van der Waals surface area contributed by atoms with Crippen molar-refractivity contribution < 1.29 is 9.53 Å². The van der Waals surface area contributed by atoms with Crippen molar-refractivity contribution in [2.45, 2.75) is 11.8 Å². The lowest BCUT2D eigenvalue weighted by Gasteiger charge is -2.13. The summed E-state index contributed by atoms with van der Waals surface area (Å²) < 4.78 is 5.92. The summed E-state index contributed by atoms with van der Waals surface area (Å²) in [5.74, 6) is 0.998. The number of nitrogens with two attached hydrogens (primary N) is 1. The lowest BCUT2D eigenvalue weighted by Crippen LogP contribution is -2.23. The number of rotatable bonds is 5. The zero-order valence-electron chi connectivity index (χ0n) is 12.1. The Labute approximate surface area is 128 Å². The van der Waals surface area contributed by atoms with Crippen molar-refractivity contribution in [3.05, 3.63) is 48.0 Å². The SMILES string of the molecule is CCNC(=O)c1ccc(N)cc1Oc1ccccc1SC. The van der Waals surface area contributed by atoms with Crippen LogP contribution in [0.3, 0.4) is 0 Å². The van der Waals surface area contributed by atoms with E-state index in [0.29, 0.717) is 29.3 Å². The van der Waals surface area contributed by atoms with E-state index in [1.807, 2.05) is 37.4 Å². The van der Waals surface area contributed by atoms with Gasteiger partial charge in [-0.2, -0.15) is 0 Å². The molecule has 0 saturated carbocycles. The van der Waals surface area contributed by atoms with Gasteiger partial charge in [0.05, 0.1) is 5.56 Å². The third-order valence-electron chi connectivity index (χ3n) is 2.88. The molecule has 2 rings (SSSR count). The van der Waals surface area contributed by atoms with Crippen LogP contribution in [0.4, 0.5) is 5.69 Å². The van der Waals surface area contributed by atoms with E-state index >= 15 is 0 Å². The first-order valence-corrected chi connectivity index (χ1v) is 7.86. The van der Waals surface area contributed by atoms with Gasteiger partial charge in [-0.1, -0.05) is 12.1 Å². The largest absolute Gasteiger partial charge is 0.455 e. The molecule has 5 heteroatoms. The number of benzene rings is 2. The number of carbonyl (C=O) groups excluding carboxylic acids is 1. The Hall–Kier alpha value is -2.14. The van der Waals surface area contributed by atoms with E-state index in [1.54, 1.807) is 30.0 Å². The molecule has 2 aromatic carbocycles. The highest BCUT2D eigenvalue weighted by Gasteiger charge is 2.14. The van der Waals surface area contributed by atoms with Gasteiger partial charge in [0.15, 0.2) is 0 Å². The lowest BCUT2D eigenvalue weighted by atomic mass is 10.1. The Morgan fingerprint density at radius 3 is 2.71 bits per heavy atom. The second kappa shape index (κ2) is 7.04. The van der Waals surface area contributed by atoms with E-state index in [2.05, 4.69) is 5.32 Å². The molecule has 0 aliphatic carbocycles. The van der Waals surface area contributed by atoms with Crippen molar-refractivity contribution in [1.29, 1.82) is 0 Å². The van der Waals surface area contributed by atoms with Gasteiger partial charge >= 0.3 is 0 Å². The van der Waals surface area contributed by atoms with Gasteiger partial charge in [0.25, 0.3) is 5.91 Å². The molecule has 0 aliphatic heterocycles. The smallest absolute Gasteiger partial charge is 0.255 e. The van der Waals surface area contributed by atoms with Crippen LogP contribution in [0.5, 0.6) is 11.5 Å². The molecule has 21 heavy (non-hydrogen) atoms. The predicted molar refractivity (Wildman–Crippen MR) is 87.2 cm³/mol. The summed E-state index contributed by atoms with van der Waals surface area (Å²) >= 11 is 1.59. The minimum atomic E-state index is -0.172. The monoisotopic (exact) mass is 302 g/mol. The summed E-state index contributed by atoms with van der Waals surface area (Å²) in [5, 5.41) is 2.77. The molecule has 0 heterocycles. The first kappa shape index (κ1) is 15.3. The van der Waals surface area contributed by atoms with Crippen LogP contribution >= 0.6 is 11.8 Å². The second-order valence-electron chi connectivity index (χ2n) is 4.37. The molecule has 1 amide bonds. The summed E-state index contributed by atoms with van der Waals surface area (Å²) in [5.41, 5.74) is 6.84. The molecule has 2 aromatic rings. The van der Waals surface area contributed by atoms with Gasteiger partial charge in [-0.3, -0.25) is 4.79 Å². The first-order valence-electron chi connectivity index (χ1n) is 6.64. The first-order chi connectivity index (χ1) is 10.2. The fourth-order valence-corrected chi connectivity index (χ4v) is 2.41. The fourth-order valence-electron chi connectivity index (χ4n) is 1.89. The normalized spacial score (nSPS) is 10.2. The number of carbonyl (C=O) groups is 1. The van der Waals surface area contributed by atoms with E-state index in [9.17, 15) is 4.79 Å². The maximum Gasteiger partial charge on any atom is 0.255 e. The number of hydrogen-bond donors (Lipinski definition) is 2. The minimum Gasteiger partial charge on any atom is -0.455 e. The summed E-state index contributed by atoms with van der Waals surface area (Å²) in [6.07, 6.45) is 1.98. The quantitative estimate of drug-likeness (QED) is 0.655. The zero-order chi connectivity index (χ0) is 15.2. The molecular formula is C16H18N2O2S. The van der Waals surface area contributed by atoms with Crippen LogP contribution in [0.1, 0.15) is 17.3 Å². The molecule has 0 aliphatic rings. The van der Waals surface area contributed by atoms with Crippen molar-refractivity contribution in [3.63, 3.8) is 0 Å². The molecule has 0 bridgehead atoms. The molecule has 0 unspecified atom stereocenters. The Kier molecular flexibility index (Phi) is 5.11. The number of thioether (sulfide) groups is 1. The molecule has 0 saturated heterocycles. The molecule has 0 aromatic heterocycles. The van der Waals surface area contributed by atoms with E-state index in [0.717, 1.165) is 4.90 Å². The standard InChI is InChI=1S/C16H18N2O2S/c1-3-18-16(19)12-9-8-11(17)10-14(12)20-13-6-4-5-7-15(13)21-2/h4-10H,3,17H2,1-2H3,(H,18,19). The van der Waals surface area contributed by atoms with Gasteiger partial charge in [-0.25, -0.2) is 0 Å². The van der Waals surface area contributed by atoms with E-state index in [4.69, 9.17) is 10.5 Å². The van der Waals surface area contributed by atoms with Gasteiger partial charge in [0.2, 0.25) is 0 Å². The summed E-state index contributed by atoms with van der Waals surface area (Å²) in [6, 6.07) is 12.7. The molecular weight excluding hydrogens is 284 g/mol. The molecule has 0 fully saturated rings. The molecule has 3 N–H and O–H groups in total. The maximum atomic E-state index is 12.1. The van der Waals surface area contributed by atoms with Crippen LogP contribution in [0.15, 0.2) is 47.4 Å². The molecule has 0 atom stereocenters. The number of hydrogen-bond acceptors (Lipinski definition) is 4. The van der Waals surface area contributed by atoms with Crippen LogP contribution in [-0.2, 0) is 0 Å². The van der Waals surface area contributed by atoms with Crippen LogP contribution < -0.4 is 15.8 Å².